The molecule has 2 nitrogen and oxygen atoms in total. The highest BCUT2D eigenvalue weighted by Crippen LogP contribution is 2.33. The van der Waals surface area contributed by atoms with E-state index in [2.05, 4.69) is 0 Å². The first-order valence-corrected chi connectivity index (χ1v) is 4.12. The molecule has 0 radical (unpaired) electrons. The van der Waals surface area contributed by atoms with Crippen molar-refractivity contribution in [2.24, 2.45) is 0 Å². The Bertz CT molecular complexity index is 407. The SMILES string of the molecule is N#CC1(c2cc(F)ccc2F)COC1. The van der Waals surface area contributed by atoms with Gasteiger partial charge in [-0.25, -0.2) is 8.78 Å². The van der Waals surface area contributed by atoms with Gasteiger partial charge in [0.1, 0.15) is 17.0 Å². The van der Waals surface area contributed by atoms with Crippen molar-refractivity contribution in [3.63, 3.8) is 0 Å². The lowest BCUT2D eigenvalue weighted by Gasteiger charge is -2.35. The monoisotopic (exact) mass is 195 g/mol. The lowest BCUT2D eigenvalue weighted by molar-refractivity contribution is -0.0314. The predicted octanol–water partition coefficient (Wildman–Crippen LogP) is 1.76. The van der Waals surface area contributed by atoms with Gasteiger partial charge in [0.15, 0.2) is 0 Å². The minimum Gasteiger partial charge on any atom is -0.377 e. The summed E-state index contributed by atoms with van der Waals surface area (Å²) in [6.45, 7) is 0.258. The van der Waals surface area contributed by atoms with Crippen LogP contribution in [0, 0.1) is 23.0 Å². The molecule has 1 saturated heterocycles. The fraction of sp³-hybridized carbons (Fsp3) is 0.300. The molecule has 0 unspecified atom stereocenters. The first kappa shape index (κ1) is 9.10. The Morgan fingerprint density at radius 3 is 2.57 bits per heavy atom. The summed E-state index contributed by atoms with van der Waals surface area (Å²) in [4.78, 5) is 0. The van der Waals surface area contributed by atoms with E-state index in [1.807, 2.05) is 6.07 Å². The smallest absolute Gasteiger partial charge is 0.132 e. The molecule has 4 heteroatoms. The molecule has 14 heavy (non-hydrogen) atoms. The molecule has 0 amide bonds. The molecule has 0 N–H and O–H groups in total. The van der Waals surface area contributed by atoms with E-state index in [9.17, 15) is 8.78 Å². The summed E-state index contributed by atoms with van der Waals surface area (Å²) < 4.78 is 31.0. The molecule has 0 saturated carbocycles. The van der Waals surface area contributed by atoms with E-state index in [-0.39, 0.29) is 18.8 Å². The number of rotatable bonds is 1. The molecule has 1 aliphatic heterocycles. The van der Waals surface area contributed by atoms with Crippen molar-refractivity contribution in [3.8, 4) is 6.07 Å². The molecule has 0 spiro atoms. The summed E-state index contributed by atoms with van der Waals surface area (Å²) in [6, 6.07) is 5.09. The van der Waals surface area contributed by atoms with Crippen LogP contribution in [0.4, 0.5) is 8.78 Å². The van der Waals surface area contributed by atoms with Gasteiger partial charge < -0.3 is 4.74 Å². The highest BCUT2D eigenvalue weighted by atomic mass is 19.1. The average molecular weight is 195 g/mol. The third-order valence-electron chi connectivity index (χ3n) is 2.35. The quantitative estimate of drug-likeness (QED) is 0.684. The second-order valence-electron chi connectivity index (χ2n) is 3.31. The third kappa shape index (κ3) is 1.17. The zero-order valence-corrected chi connectivity index (χ0v) is 7.26. The third-order valence-corrected chi connectivity index (χ3v) is 2.35. The molecule has 0 aromatic heterocycles. The molecular weight excluding hydrogens is 188 g/mol. The number of hydrogen-bond acceptors (Lipinski definition) is 2. The summed E-state index contributed by atoms with van der Waals surface area (Å²) in [5, 5.41) is 8.89. The molecule has 1 fully saturated rings. The van der Waals surface area contributed by atoms with Crippen molar-refractivity contribution in [2.75, 3.05) is 13.2 Å². The van der Waals surface area contributed by atoms with Crippen LogP contribution in [0.5, 0.6) is 0 Å². The molecule has 1 heterocycles. The molecule has 0 atom stereocenters. The Hall–Kier alpha value is -1.47. The molecule has 72 valence electrons. The zero-order valence-electron chi connectivity index (χ0n) is 7.26. The Labute approximate surface area is 79.7 Å². The summed E-state index contributed by atoms with van der Waals surface area (Å²) in [6.07, 6.45) is 0. The lowest BCUT2D eigenvalue weighted by atomic mass is 9.80. The van der Waals surface area contributed by atoms with Crippen LogP contribution in [-0.2, 0) is 10.2 Å². The van der Waals surface area contributed by atoms with Gasteiger partial charge in [0.25, 0.3) is 0 Å². The van der Waals surface area contributed by atoms with Crippen molar-refractivity contribution in [1.29, 1.82) is 5.26 Å². The van der Waals surface area contributed by atoms with Crippen LogP contribution in [-0.4, -0.2) is 13.2 Å². The fourth-order valence-corrected chi connectivity index (χ4v) is 1.45. The van der Waals surface area contributed by atoms with Crippen LogP contribution in [0.2, 0.25) is 0 Å². The first-order valence-electron chi connectivity index (χ1n) is 4.12. The first-order chi connectivity index (χ1) is 6.68. The van der Waals surface area contributed by atoms with E-state index in [0.717, 1.165) is 18.2 Å². The normalized spacial score (nSPS) is 18.4. The van der Waals surface area contributed by atoms with E-state index < -0.39 is 17.0 Å². The van der Waals surface area contributed by atoms with E-state index in [0.29, 0.717) is 0 Å². The van der Waals surface area contributed by atoms with E-state index in [1.165, 1.54) is 0 Å². The maximum Gasteiger partial charge on any atom is 0.132 e. The number of benzene rings is 1. The van der Waals surface area contributed by atoms with E-state index in [4.69, 9.17) is 10.00 Å². The van der Waals surface area contributed by atoms with Crippen molar-refractivity contribution in [2.45, 2.75) is 5.41 Å². The van der Waals surface area contributed by atoms with Crippen molar-refractivity contribution in [3.05, 3.63) is 35.4 Å². The molecular formula is C10H7F2NO. The Morgan fingerprint density at radius 2 is 2.07 bits per heavy atom. The van der Waals surface area contributed by atoms with Crippen molar-refractivity contribution < 1.29 is 13.5 Å². The van der Waals surface area contributed by atoms with Gasteiger partial charge in [-0.3, -0.25) is 0 Å². The largest absolute Gasteiger partial charge is 0.377 e. The zero-order chi connectivity index (χ0) is 10.2. The molecule has 1 aromatic carbocycles. The number of ether oxygens (including phenoxy) is 1. The summed E-state index contributed by atoms with van der Waals surface area (Å²) in [7, 11) is 0. The van der Waals surface area contributed by atoms with Gasteiger partial charge in [-0.15, -0.1) is 0 Å². The molecule has 1 aliphatic rings. The molecule has 1 aromatic rings. The summed E-state index contributed by atoms with van der Waals surface area (Å²) in [5.41, 5.74) is -0.905. The molecule has 2 rings (SSSR count). The van der Waals surface area contributed by atoms with Crippen LogP contribution >= 0.6 is 0 Å². The van der Waals surface area contributed by atoms with Gasteiger partial charge in [-0.2, -0.15) is 5.26 Å². The Morgan fingerprint density at radius 1 is 1.36 bits per heavy atom. The van der Waals surface area contributed by atoms with Crippen molar-refractivity contribution in [1.82, 2.24) is 0 Å². The van der Waals surface area contributed by atoms with Crippen LogP contribution in [0.1, 0.15) is 5.56 Å². The van der Waals surface area contributed by atoms with E-state index in [1.54, 1.807) is 0 Å². The number of nitriles is 1. The average Bonchev–Trinajstić information content (AvgIpc) is 2.10. The second kappa shape index (κ2) is 3.03. The minimum absolute atomic E-state index is 0.0891. The van der Waals surface area contributed by atoms with Crippen molar-refractivity contribution >= 4 is 0 Å². The maximum atomic E-state index is 13.3. The second-order valence-corrected chi connectivity index (χ2v) is 3.31. The summed E-state index contributed by atoms with van der Waals surface area (Å²) >= 11 is 0. The minimum atomic E-state index is -0.994. The van der Waals surface area contributed by atoms with Crippen LogP contribution in [0.3, 0.4) is 0 Å². The van der Waals surface area contributed by atoms with Gasteiger partial charge in [-0.1, -0.05) is 0 Å². The van der Waals surface area contributed by atoms with Gasteiger partial charge in [0.2, 0.25) is 0 Å². The number of halogens is 2. The fourth-order valence-electron chi connectivity index (χ4n) is 1.45. The summed E-state index contributed by atoms with van der Waals surface area (Å²) in [5.74, 6) is -1.10. The van der Waals surface area contributed by atoms with Gasteiger partial charge in [-0.05, 0) is 18.2 Å². The maximum absolute atomic E-state index is 13.3. The molecule has 0 aliphatic carbocycles. The number of nitrogens with zero attached hydrogens (tertiary/aromatic N) is 1. The highest BCUT2D eigenvalue weighted by Gasteiger charge is 2.43. The van der Waals surface area contributed by atoms with E-state index >= 15 is 0 Å². The lowest BCUT2D eigenvalue weighted by Crippen LogP contribution is -2.46. The van der Waals surface area contributed by atoms with Crippen LogP contribution in [0.25, 0.3) is 0 Å². The molecule has 0 bridgehead atoms. The number of hydrogen-bond donors (Lipinski definition) is 0. The standard InChI is InChI=1S/C10H7F2NO/c11-7-1-2-9(12)8(3-7)10(4-13)5-14-6-10/h1-3H,5-6H2. The Kier molecular flexibility index (Phi) is 1.97. The van der Waals surface area contributed by atoms with Crippen LogP contribution < -0.4 is 0 Å². The Balaban J connectivity index is 2.50. The topological polar surface area (TPSA) is 33.0 Å². The predicted molar refractivity (Wildman–Crippen MR) is 44.5 cm³/mol. The van der Waals surface area contributed by atoms with Gasteiger partial charge in [0, 0.05) is 5.56 Å². The van der Waals surface area contributed by atoms with Gasteiger partial charge >= 0.3 is 0 Å². The van der Waals surface area contributed by atoms with Crippen LogP contribution in [0.15, 0.2) is 18.2 Å². The van der Waals surface area contributed by atoms with Gasteiger partial charge in [0.05, 0.1) is 19.3 Å². The highest BCUT2D eigenvalue weighted by molar-refractivity contribution is 5.36.